The lowest BCUT2D eigenvalue weighted by molar-refractivity contribution is 0.136. The lowest BCUT2D eigenvalue weighted by atomic mass is 9.92. The Hall–Kier alpha value is -0.170. The van der Waals surface area contributed by atoms with Gasteiger partial charge in [-0.1, -0.05) is 6.42 Å². The Bertz CT molecular complexity index is 305. The molecule has 5 nitrogen and oxygen atoms in total. The van der Waals surface area contributed by atoms with Crippen molar-refractivity contribution in [3.05, 3.63) is 0 Å². The van der Waals surface area contributed by atoms with Crippen molar-refractivity contribution in [2.24, 2.45) is 5.73 Å². The Kier molecular flexibility index (Phi) is 5.17. The molecular weight excluding hydrogens is 228 g/mol. The molecule has 3 unspecified atom stereocenters. The molecule has 0 aromatic heterocycles. The Balaban J connectivity index is 2.45. The van der Waals surface area contributed by atoms with Gasteiger partial charge in [-0.05, 0) is 26.2 Å². The molecule has 6 heteroatoms. The van der Waals surface area contributed by atoms with Crippen LogP contribution in [0.5, 0.6) is 0 Å². The molecular formula is C10H22N2O3S. The maximum atomic E-state index is 11.7. The van der Waals surface area contributed by atoms with Gasteiger partial charge in [-0.15, -0.1) is 0 Å². The summed E-state index contributed by atoms with van der Waals surface area (Å²) in [7, 11) is -1.74. The van der Waals surface area contributed by atoms with Gasteiger partial charge in [0.25, 0.3) is 0 Å². The number of sulfonamides is 1. The minimum atomic E-state index is -3.25. The highest BCUT2D eigenvalue weighted by Crippen LogP contribution is 2.17. The molecule has 0 amide bonds. The van der Waals surface area contributed by atoms with E-state index >= 15 is 0 Å². The molecule has 0 aromatic rings. The minimum absolute atomic E-state index is 0.00203. The highest BCUT2D eigenvalue weighted by molar-refractivity contribution is 7.89. The van der Waals surface area contributed by atoms with E-state index in [4.69, 9.17) is 10.5 Å². The van der Waals surface area contributed by atoms with Gasteiger partial charge < -0.3 is 10.5 Å². The molecule has 16 heavy (non-hydrogen) atoms. The van der Waals surface area contributed by atoms with Crippen LogP contribution in [0.25, 0.3) is 0 Å². The zero-order chi connectivity index (χ0) is 12.2. The number of rotatable bonds is 5. The van der Waals surface area contributed by atoms with E-state index in [1.54, 1.807) is 6.92 Å². The summed E-state index contributed by atoms with van der Waals surface area (Å²) in [4.78, 5) is 0. The highest BCUT2D eigenvalue weighted by Gasteiger charge is 2.24. The molecule has 0 radical (unpaired) electrons. The van der Waals surface area contributed by atoms with E-state index in [0.717, 1.165) is 25.7 Å². The fourth-order valence-electron chi connectivity index (χ4n) is 2.01. The van der Waals surface area contributed by atoms with Gasteiger partial charge in [0.15, 0.2) is 0 Å². The van der Waals surface area contributed by atoms with Crippen molar-refractivity contribution in [2.75, 3.05) is 12.9 Å². The normalized spacial score (nSPS) is 28.9. The zero-order valence-electron chi connectivity index (χ0n) is 9.98. The van der Waals surface area contributed by atoms with E-state index in [2.05, 4.69) is 4.72 Å². The van der Waals surface area contributed by atoms with Crippen LogP contribution in [-0.4, -0.2) is 39.5 Å². The summed E-state index contributed by atoms with van der Waals surface area (Å²) in [6, 6.07) is 0.124. The quantitative estimate of drug-likeness (QED) is 0.731. The second-order valence-electron chi connectivity index (χ2n) is 4.57. The van der Waals surface area contributed by atoms with Crippen molar-refractivity contribution < 1.29 is 13.2 Å². The summed E-state index contributed by atoms with van der Waals surface area (Å²) < 4.78 is 31.1. The van der Waals surface area contributed by atoms with Gasteiger partial charge in [0.05, 0.1) is 11.9 Å². The topological polar surface area (TPSA) is 81.4 Å². The van der Waals surface area contributed by atoms with Crippen LogP contribution in [0.2, 0.25) is 0 Å². The Morgan fingerprint density at radius 2 is 2.19 bits per heavy atom. The fraction of sp³-hybridized carbons (Fsp3) is 1.00. The van der Waals surface area contributed by atoms with Gasteiger partial charge in [-0.25, -0.2) is 13.1 Å². The van der Waals surface area contributed by atoms with E-state index in [1.165, 1.54) is 7.11 Å². The molecule has 3 N–H and O–H groups in total. The summed E-state index contributed by atoms with van der Waals surface area (Å²) >= 11 is 0. The minimum Gasteiger partial charge on any atom is -0.381 e. The molecule has 1 fully saturated rings. The molecule has 1 aliphatic rings. The molecule has 1 saturated carbocycles. The molecule has 0 aliphatic heterocycles. The number of hydrogen-bond acceptors (Lipinski definition) is 4. The predicted molar refractivity (Wildman–Crippen MR) is 63.6 cm³/mol. The largest absolute Gasteiger partial charge is 0.381 e. The van der Waals surface area contributed by atoms with Crippen molar-refractivity contribution in [2.45, 2.75) is 50.8 Å². The lowest BCUT2D eigenvalue weighted by Crippen LogP contribution is -2.44. The maximum absolute atomic E-state index is 11.7. The third-order valence-corrected chi connectivity index (χ3v) is 4.52. The highest BCUT2D eigenvalue weighted by atomic mass is 32.2. The summed E-state index contributed by atoms with van der Waals surface area (Å²) in [5, 5.41) is 0. The third-order valence-electron chi connectivity index (χ3n) is 2.92. The average molecular weight is 250 g/mol. The van der Waals surface area contributed by atoms with Crippen molar-refractivity contribution in [3.63, 3.8) is 0 Å². The summed E-state index contributed by atoms with van der Waals surface area (Å²) in [5.41, 5.74) is 5.81. The standard InChI is InChI=1S/C10H22N2O3S/c1-8(15-2)7-16(13,14)12-10-5-3-4-9(11)6-10/h8-10,12H,3-7,11H2,1-2H3. The van der Waals surface area contributed by atoms with Crippen LogP contribution < -0.4 is 10.5 Å². The maximum Gasteiger partial charge on any atom is 0.214 e. The van der Waals surface area contributed by atoms with Crippen LogP contribution in [0, 0.1) is 0 Å². The molecule has 0 heterocycles. The van der Waals surface area contributed by atoms with Crippen molar-refractivity contribution >= 4 is 10.0 Å². The first-order chi connectivity index (χ1) is 7.43. The molecule has 0 bridgehead atoms. The van der Waals surface area contributed by atoms with Crippen LogP contribution in [0.1, 0.15) is 32.6 Å². The van der Waals surface area contributed by atoms with Crippen molar-refractivity contribution in [1.82, 2.24) is 4.72 Å². The lowest BCUT2D eigenvalue weighted by Gasteiger charge is -2.27. The van der Waals surface area contributed by atoms with Crippen LogP contribution in [-0.2, 0) is 14.8 Å². The number of nitrogens with one attached hydrogen (secondary N) is 1. The Morgan fingerprint density at radius 1 is 1.50 bits per heavy atom. The van der Waals surface area contributed by atoms with E-state index < -0.39 is 10.0 Å². The van der Waals surface area contributed by atoms with Gasteiger partial charge in [0.1, 0.15) is 0 Å². The van der Waals surface area contributed by atoms with Crippen molar-refractivity contribution in [3.8, 4) is 0 Å². The van der Waals surface area contributed by atoms with Crippen LogP contribution in [0.4, 0.5) is 0 Å². The monoisotopic (exact) mass is 250 g/mol. The van der Waals surface area contributed by atoms with E-state index in [-0.39, 0.29) is 23.9 Å². The van der Waals surface area contributed by atoms with Gasteiger partial charge in [-0.2, -0.15) is 0 Å². The summed E-state index contributed by atoms with van der Waals surface area (Å²) in [6.45, 7) is 1.74. The van der Waals surface area contributed by atoms with Crippen LogP contribution >= 0.6 is 0 Å². The van der Waals surface area contributed by atoms with Gasteiger partial charge in [0.2, 0.25) is 10.0 Å². The second kappa shape index (κ2) is 5.95. The third kappa shape index (κ3) is 4.78. The predicted octanol–water partition coefficient (Wildman–Crippen LogP) is 0.211. The number of ether oxygens (including phenoxy) is 1. The first-order valence-electron chi connectivity index (χ1n) is 5.71. The van der Waals surface area contributed by atoms with Crippen LogP contribution in [0.15, 0.2) is 0 Å². The smallest absolute Gasteiger partial charge is 0.214 e. The Labute approximate surface area is 97.8 Å². The molecule has 96 valence electrons. The van der Waals surface area contributed by atoms with Crippen molar-refractivity contribution in [1.29, 1.82) is 0 Å². The summed E-state index contributed by atoms with van der Waals surface area (Å²) in [5.74, 6) is 0.00916. The number of nitrogens with two attached hydrogens (primary N) is 1. The molecule has 1 rings (SSSR count). The van der Waals surface area contributed by atoms with E-state index in [0.29, 0.717) is 0 Å². The van der Waals surface area contributed by atoms with E-state index in [9.17, 15) is 8.42 Å². The molecule has 0 spiro atoms. The van der Waals surface area contributed by atoms with Gasteiger partial charge in [0, 0.05) is 19.2 Å². The molecule has 0 aromatic carbocycles. The second-order valence-corrected chi connectivity index (χ2v) is 6.37. The first-order valence-corrected chi connectivity index (χ1v) is 7.36. The molecule has 0 saturated heterocycles. The molecule has 3 atom stereocenters. The fourth-order valence-corrected chi connectivity index (χ4v) is 3.59. The van der Waals surface area contributed by atoms with E-state index in [1.807, 2.05) is 0 Å². The van der Waals surface area contributed by atoms with Crippen LogP contribution in [0.3, 0.4) is 0 Å². The SMILES string of the molecule is COC(C)CS(=O)(=O)NC1CCCC(N)C1. The first kappa shape index (κ1) is 13.9. The molecule has 1 aliphatic carbocycles. The van der Waals surface area contributed by atoms with Gasteiger partial charge in [-0.3, -0.25) is 0 Å². The average Bonchev–Trinajstić information content (AvgIpc) is 2.15. The number of hydrogen-bond donors (Lipinski definition) is 2. The van der Waals surface area contributed by atoms with Gasteiger partial charge >= 0.3 is 0 Å². The zero-order valence-corrected chi connectivity index (χ0v) is 10.8. The summed E-state index contributed by atoms with van der Waals surface area (Å²) in [6.07, 6.45) is 3.32. The Morgan fingerprint density at radius 3 is 2.75 bits per heavy atom. The number of methoxy groups -OCH3 is 1.